The van der Waals surface area contributed by atoms with E-state index in [0.29, 0.717) is 34.0 Å². The van der Waals surface area contributed by atoms with Gasteiger partial charge in [0.1, 0.15) is 22.7 Å². The minimum atomic E-state index is -0.400. The Morgan fingerprint density at radius 3 is 2.37 bits per heavy atom. The molecule has 0 aliphatic rings. The second-order valence-electron chi connectivity index (χ2n) is 7.24. The molecule has 5 rings (SSSR count). The van der Waals surface area contributed by atoms with Gasteiger partial charge in [0.25, 0.3) is 5.56 Å². The van der Waals surface area contributed by atoms with Gasteiger partial charge in [0.2, 0.25) is 0 Å². The lowest BCUT2D eigenvalue weighted by Gasteiger charge is -2.09. The Morgan fingerprint density at radius 2 is 1.57 bits per heavy atom. The third kappa shape index (κ3) is 3.16. The van der Waals surface area contributed by atoms with Crippen molar-refractivity contribution in [2.24, 2.45) is 0 Å². The first-order valence-corrected chi connectivity index (χ1v) is 9.55. The molecule has 2 heterocycles. The molecule has 0 radical (unpaired) electrons. The number of rotatable bonds is 4. The largest absolute Gasteiger partial charge is 0.330 e. The summed E-state index contributed by atoms with van der Waals surface area (Å²) in [6.45, 7) is 0.647. The van der Waals surface area contributed by atoms with Crippen LogP contribution < -0.4 is 5.56 Å². The summed E-state index contributed by atoms with van der Waals surface area (Å²) in [5.41, 5.74) is 2.94. The zero-order valence-electron chi connectivity index (χ0n) is 15.9. The van der Waals surface area contributed by atoms with Gasteiger partial charge in [-0.1, -0.05) is 42.5 Å². The number of nitrogens with zero attached hydrogens (tertiary/aromatic N) is 3. The van der Waals surface area contributed by atoms with Gasteiger partial charge in [-0.2, -0.15) is 0 Å². The van der Waals surface area contributed by atoms with Crippen molar-refractivity contribution >= 4 is 21.9 Å². The highest BCUT2D eigenvalue weighted by atomic mass is 19.1. The van der Waals surface area contributed by atoms with Gasteiger partial charge >= 0.3 is 0 Å². The normalized spacial score (nSPS) is 11.4. The zero-order valence-corrected chi connectivity index (χ0v) is 15.9. The van der Waals surface area contributed by atoms with E-state index in [0.717, 1.165) is 5.56 Å². The van der Waals surface area contributed by atoms with Crippen LogP contribution in [0.5, 0.6) is 0 Å². The van der Waals surface area contributed by atoms with Crippen molar-refractivity contribution in [1.29, 1.82) is 0 Å². The summed E-state index contributed by atoms with van der Waals surface area (Å²) in [6, 6.07) is 20.2. The number of fused-ring (bicyclic) bond motifs is 3. The number of hydrogen-bond acceptors (Lipinski definition) is 2. The molecule has 0 bridgehead atoms. The topological polar surface area (TPSA) is 39.8 Å². The van der Waals surface area contributed by atoms with E-state index in [4.69, 9.17) is 0 Å². The molecule has 0 N–H and O–H groups in total. The standard InChI is InChI=1S/C24H17F2N3O/c25-18-8-4-7-17(11-18)14-29-21-10-9-19(26)12-20(21)22-23(29)24(30)28(15-27-22)13-16-5-2-1-3-6-16/h1-12,15H,13-14H2. The number of halogens is 2. The molecule has 0 aliphatic carbocycles. The van der Waals surface area contributed by atoms with Crippen molar-refractivity contribution in [1.82, 2.24) is 14.1 Å². The summed E-state index contributed by atoms with van der Waals surface area (Å²) in [5, 5.41) is 0.561. The van der Waals surface area contributed by atoms with Crippen molar-refractivity contribution in [3.8, 4) is 0 Å². The lowest BCUT2D eigenvalue weighted by Crippen LogP contribution is -2.23. The number of aromatic nitrogens is 3. The fraction of sp³-hybridized carbons (Fsp3) is 0.0833. The van der Waals surface area contributed by atoms with Gasteiger partial charge in [-0.25, -0.2) is 13.8 Å². The Morgan fingerprint density at radius 1 is 0.800 bits per heavy atom. The Labute approximate surface area is 170 Å². The molecule has 0 atom stereocenters. The first-order chi connectivity index (χ1) is 14.6. The molecule has 148 valence electrons. The maximum absolute atomic E-state index is 14.0. The molecule has 0 aliphatic heterocycles. The van der Waals surface area contributed by atoms with Crippen molar-refractivity contribution in [2.45, 2.75) is 13.1 Å². The van der Waals surface area contributed by atoms with E-state index in [1.54, 1.807) is 22.8 Å². The van der Waals surface area contributed by atoms with E-state index in [9.17, 15) is 13.6 Å². The molecule has 0 saturated carbocycles. The molecule has 3 aromatic carbocycles. The fourth-order valence-corrected chi connectivity index (χ4v) is 3.85. The Hall–Kier alpha value is -3.80. The Balaban J connectivity index is 1.74. The molecule has 6 heteroatoms. The van der Waals surface area contributed by atoms with Gasteiger partial charge in [0.15, 0.2) is 0 Å². The third-order valence-corrected chi connectivity index (χ3v) is 5.21. The minimum Gasteiger partial charge on any atom is -0.330 e. The van der Waals surface area contributed by atoms with E-state index >= 15 is 0 Å². The van der Waals surface area contributed by atoms with Crippen molar-refractivity contribution in [2.75, 3.05) is 0 Å². The SMILES string of the molecule is O=c1c2c(ncn1Cc1ccccc1)c1cc(F)ccc1n2Cc1cccc(F)c1. The lowest BCUT2D eigenvalue weighted by molar-refractivity contribution is 0.624. The monoisotopic (exact) mass is 401 g/mol. The van der Waals surface area contributed by atoms with Crippen LogP contribution in [0.3, 0.4) is 0 Å². The highest BCUT2D eigenvalue weighted by Crippen LogP contribution is 2.27. The van der Waals surface area contributed by atoms with Gasteiger partial charge in [-0.3, -0.25) is 9.36 Å². The summed E-state index contributed by atoms with van der Waals surface area (Å²) in [5.74, 6) is -0.749. The van der Waals surface area contributed by atoms with Crippen LogP contribution in [0.1, 0.15) is 11.1 Å². The predicted octanol–water partition coefficient (Wildman–Crippen LogP) is 4.73. The highest BCUT2D eigenvalue weighted by Gasteiger charge is 2.17. The maximum atomic E-state index is 14.0. The lowest BCUT2D eigenvalue weighted by atomic mass is 10.2. The van der Waals surface area contributed by atoms with Crippen LogP contribution in [-0.2, 0) is 13.1 Å². The van der Waals surface area contributed by atoms with E-state index < -0.39 is 5.82 Å². The Kier molecular flexibility index (Phi) is 4.39. The third-order valence-electron chi connectivity index (χ3n) is 5.21. The summed E-state index contributed by atoms with van der Waals surface area (Å²) >= 11 is 0. The molecule has 4 nitrogen and oxygen atoms in total. The molecule has 0 saturated heterocycles. The van der Waals surface area contributed by atoms with Gasteiger partial charge in [0, 0.05) is 11.9 Å². The summed E-state index contributed by atoms with van der Waals surface area (Å²) in [4.78, 5) is 17.9. The van der Waals surface area contributed by atoms with E-state index in [-0.39, 0.29) is 17.9 Å². The molecule has 30 heavy (non-hydrogen) atoms. The molecule has 2 aromatic heterocycles. The Bertz CT molecular complexity index is 1440. The van der Waals surface area contributed by atoms with Crippen LogP contribution >= 0.6 is 0 Å². The molecule has 0 unspecified atom stereocenters. The maximum Gasteiger partial charge on any atom is 0.278 e. The average Bonchev–Trinajstić information content (AvgIpc) is 3.04. The summed E-state index contributed by atoms with van der Waals surface area (Å²) in [7, 11) is 0. The first-order valence-electron chi connectivity index (χ1n) is 9.55. The smallest absolute Gasteiger partial charge is 0.278 e. The summed E-state index contributed by atoms with van der Waals surface area (Å²) in [6.07, 6.45) is 1.49. The molecule has 5 aromatic rings. The van der Waals surface area contributed by atoms with Crippen molar-refractivity contribution in [3.63, 3.8) is 0 Å². The van der Waals surface area contributed by atoms with Crippen molar-refractivity contribution < 1.29 is 8.78 Å². The molecule has 0 amide bonds. The average molecular weight is 401 g/mol. The molecule has 0 fully saturated rings. The van der Waals surface area contributed by atoms with Gasteiger partial charge in [0.05, 0.1) is 18.4 Å². The van der Waals surface area contributed by atoms with Gasteiger partial charge in [-0.05, 0) is 41.5 Å². The van der Waals surface area contributed by atoms with E-state index in [1.807, 2.05) is 30.3 Å². The van der Waals surface area contributed by atoms with Crippen LogP contribution in [0, 0.1) is 11.6 Å². The number of hydrogen-bond donors (Lipinski definition) is 0. The van der Waals surface area contributed by atoms with Crippen LogP contribution in [0.4, 0.5) is 8.78 Å². The molecular formula is C24H17F2N3O. The van der Waals surface area contributed by atoms with Crippen LogP contribution in [0.25, 0.3) is 21.9 Å². The van der Waals surface area contributed by atoms with Crippen LogP contribution in [-0.4, -0.2) is 14.1 Å². The molecule has 0 spiro atoms. The zero-order chi connectivity index (χ0) is 20.7. The highest BCUT2D eigenvalue weighted by molar-refractivity contribution is 6.05. The van der Waals surface area contributed by atoms with E-state index in [1.165, 1.54) is 35.2 Å². The van der Waals surface area contributed by atoms with Crippen LogP contribution in [0.2, 0.25) is 0 Å². The van der Waals surface area contributed by atoms with Gasteiger partial charge < -0.3 is 4.57 Å². The fourth-order valence-electron chi connectivity index (χ4n) is 3.85. The summed E-state index contributed by atoms with van der Waals surface area (Å²) < 4.78 is 31.0. The van der Waals surface area contributed by atoms with Crippen LogP contribution in [0.15, 0.2) is 83.9 Å². The van der Waals surface area contributed by atoms with E-state index in [2.05, 4.69) is 4.98 Å². The molecular weight excluding hydrogens is 384 g/mol. The minimum absolute atomic E-state index is 0.225. The predicted molar refractivity (Wildman–Crippen MR) is 113 cm³/mol. The quantitative estimate of drug-likeness (QED) is 0.437. The van der Waals surface area contributed by atoms with Gasteiger partial charge in [-0.15, -0.1) is 0 Å². The second-order valence-corrected chi connectivity index (χ2v) is 7.24. The number of benzene rings is 3. The van der Waals surface area contributed by atoms with Crippen molar-refractivity contribution in [3.05, 3.63) is 112 Å². The second kappa shape index (κ2) is 7.22. The first kappa shape index (κ1) is 18.2.